The van der Waals surface area contributed by atoms with Crippen LogP contribution >= 0.6 is 0 Å². The molecular formula is C14H23N3O4S. The summed E-state index contributed by atoms with van der Waals surface area (Å²) in [7, 11) is 1.71. The van der Waals surface area contributed by atoms with Gasteiger partial charge in [-0.2, -0.15) is 0 Å². The van der Waals surface area contributed by atoms with Crippen LogP contribution in [-0.4, -0.2) is 66.3 Å². The lowest BCUT2D eigenvalue weighted by molar-refractivity contribution is -0.119. The maximum absolute atomic E-state index is 11.9. The lowest BCUT2D eigenvalue weighted by atomic mass is 10.3. The number of carbonyl (C=O) groups is 1. The van der Waals surface area contributed by atoms with E-state index in [1.54, 1.807) is 24.3 Å². The number of likely N-dealkylation sites (N-methyl/N-ethyl adjacent to an activating group) is 1. The number of anilines is 1. The Labute approximate surface area is 131 Å². The Balaban J connectivity index is 2.84. The molecule has 1 aromatic rings. The second-order valence-corrected chi connectivity index (χ2v) is 7.03. The van der Waals surface area contributed by atoms with Crippen molar-refractivity contribution in [2.75, 3.05) is 51.4 Å². The Morgan fingerprint density at radius 1 is 1.32 bits per heavy atom. The number of hydrogen-bond acceptors (Lipinski definition) is 5. The molecule has 0 atom stereocenters. The highest BCUT2D eigenvalue weighted by Gasteiger charge is 2.21. The summed E-state index contributed by atoms with van der Waals surface area (Å²) in [5, 5.41) is 2.70. The van der Waals surface area contributed by atoms with Crippen LogP contribution in [0.1, 0.15) is 0 Å². The van der Waals surface area contributed by atoms with E-state index in [1.807, 2.05) is 19.0 Å². The number of methoxy groups -OCH3 is 1. The van der Waals surface area contributed by atoms with Crippen LogP contribution in [0.15, 0.2) is 24.3 Å². The fraction of sp³-hybridized carbons (Fsp3) is 0.500. The smallest absolute Gasteiger partial charge is 0.240 e. The van der Waals surface area contributed by atoms with E-state index in [0.717, 1.165) is 10.6 Å². The van der Waals surface area contributed by atoms with Gasteiger partial charge in [-0.1, -0.05) is 6.07 Å². The van der Waals surface area contributed by atoms with Gasteiger partial charge < -0.3 is 15.0 Å². The molecule has 0 heterocycles. The van der Waals surface area contributed by atoms with Crippen molar-refractivity contribution in [2.45, 2.75) is 0 Å². The van der Waals surface area contributed by atoms with E-state index in [-0.39, 0.29) is 12.5 Å². The van der Waals surface area contributed by atoms with Crippen molar-refractivity contribution in [1.82, 2.24) is 10.2 Å². The molecule has 8 heteroatoms. The van der Waals surface area contributed by atoms with Crippen molar-refractivity contribution in [3.8, 4) is 5.75 Å². The van der Waals surface area contributed by atoms with Gasteiger partial charge in [0.15, 0.2) is 0 Å². The van der Waals surface area contributed by atoms with E-state index in [9.17, 15) is 13.2 Å². The van der Waals surface area contributed by atoms with Crippen LogP contribution in [0.5, 0.6) is 5.75 Å². The zero-order valence-electron chi connectivity index (χ0n) is 13.4. The van der Waals surface area contributed by atoms with Crippen molar-refractivity contribution < 1.29 is 17.9 Å². The number of ether oxygens (including phenoxy) is 1. The standard InChI is InChI=1S/C14H23N3O4S/c1-16(2)9-8-15-14(18)11-17(22(4,19)20)12-6-5-7-13(10-12)21-3/h5-7,10H,8-9,11H2,1-4H3,(H,15,18). The highest BCUT2D eigenvalue weighted by atomic mass is 32.2. The first-order valence-corrected chi connectivity index (χ1v) is 8.62. The summed E-state index contributed by atoms with van der Waals surface area (Å²) in [6.45, 7) is 0.880. The molecule has 0 fully saturated rings. The molecular weight excluding hydrogens is 306 g/mol. The van der Waals surface area contributed by atoms with Crippen molar-refractivity contribution in [2.24, 2.45) is 0 Å². The summed E-state index contributed by atoms with van der Waals surface area (Å²) in [6, 6.07) is 6.59. The minimum Gasteiger partial charge on any atom is -0.497 e. The summed E-state index contributed by atoms with van der Waals surface area (Å²) < 4.78 is 30.0. The molecule has 0 saturated carbocycles. The normalized spacial score (nSPS) is 11.3. The first-order valence-electron chi connectivity index (χ1n) is 6.77. The average Bonchev–Trinajstić information content (AvgIpc) is 2.43. The molecule has 1 aromatic carbocycles. The molecule has 0 saturated heterocycles. The number of hydrogen-bond donors (Lipinski definition) is 1. The van der Waals surface area contributed by atoms with Gasteiger partial charge in [-0.25, -0.2) is 8.42 Å². The monoisotopic (exact) mass is 329 g/mol. The number of rotatable bonds is 8. The fourth-order valence-corrected chi connectivity index (χ4v) is 2.62. The van der Waals surface area contributed by atoms with Gasteiger partial charge in [-0.3, -0.25) is 9.10 Å². The molecule has 7 nitrogen and oxygen atoms in total. The van der Waals surface area contributed by atoms with E-state index in [4.69, 9.17) is 4.74 Å². The van der Waals surface area contributed by atoms with E-state index in [2.05, 4.69) is 5.32 Å². The minimum absolute atomic E-state index is 0.264. The van der Waals surface area contributed by atoms with Crippen molar-refractivity contribution in [3.05, 3.63) is 24.3 Å². The van der Waals surface area contributed by atoms with Gasteiger partial charge in [0, 0.05) is 19.2 Å². The number of amides is 1. The summed E-state index contributed by atoms with van der Waals surface area (Å²) >= 11 is 0. The molecule has 0 aliphatic rings. The van der Waals surface area contributed by atoms with Crippen molar-refractivity contribution in [3.63, 3.8) is 0 Å². The SMILES string of the molecule is COc1cccc(N(CC(=O)NCCN(C)C)S(C)(=O)=O)c1. The van der Waals surface area contributed by atoms with Crippen LogP contribution in [0.2, 0.25) is 0 Å². The number of benzene rings is 1. The van der Waals surface area contributed by atoms with E-state index in [0.29, 0.717) is 24.5 Å². The zero-order chi connectivity index (χ0) is 16.8. The molecule has 1 N–H and O–H groups in total. The second kappa shape index (κ2) is 8.00. The molecule has 0 unspecified atom stereocenters. The molecule has 22 heavy (non-hydrogen) atoms. The molecule has 1 rings (SSSR count). The van der Waals surface area contributed by atoms with Crippen LogP contribution in [0.25, 0.3) is 0 Å². The van der Waals surface area contributed by atoms with Gasteiger partial charge in [-0.15, -0.1) is 0 Å². The predicted octanol–water partition coefficient (Wildman–Crippen LogP) is 0.139. The lowest BCUT2D eigenvalue weighted by Crippen LogP contribution is -2.42. The largest absolute Gasteiger partial charge is 0.497 e. The predicted molar refractivity (Wildman–Crippen MR) is 86.7 cm³/mol. The third-order valence-corrected chi connectivity index (χ3v) is 4.05. The third kappa shape index (κ3) is 5.90. The summed E-state index contributed by atoms with van der Waals surface area (Å²) in [5.41, 5.74) is 0.393. The van der Waals surface area contributed by atoms with Crippen LogP contribution in [0.4, 0.5) is 5.69 Å². The molecule has 0 bridgehead atoms. The summed E-state index contributed by atoms with van der Waals surface area (Å²) in [4.78, 5) is 13.9. The number of carbonyl (C=O) groups excluding carboxylic acids is 1. The van der Waals surface area contributed by atoms with Crippen molar-refractivity contribution >= 4 is 21.6 Å². The van der Waals surface area contributed by atoms with Crippen LogP contribution in [-0.2, 0) is 14.8 Å². The fourth-order valence-electron chi connectivity index (χ4n) is 1.77. The maximum atomic E-state index is 11.9. The molecule has 124 valence electrons. The van der Waals surface area contributed by atoms with Crippen LogP contribution in [0, 0.1) is 0 Å². The van der Waals surface area contributed by atoms with Gasteiger partial charge >= 0.3 is 0 Å². The van der Waals surface area contributed by atoms with Crippen LogP contribution < -0.4 is 14.4 Å². The Morgan fingerprint density at radius 2 is 2.00 bits per heavy atom. The van der Waals surface area contributed by atoms with Gasteiger partial charge in [-0.05, 0) is 26.2 Å². The van der Waals surface area contributed by atoms with Crippen molar-refractivity contribution in [1.29, 1.82) is 0 Å². The Bertz CT molecular complexity index is 602. The minimum atomic E-state index is -3.57. The van der Waals surface area contributed by atoms with Gasteiger partial charge in [0.05, 0.1) is 19.1 Å². The van der Waals surface area contributed by atoms with Crippen LogP contribution in [0.3, 0.4) is 0 Å². The Morgan fingerprint density at radius 3 is 2.55 bits per heavy atom. The third-order valence-electron chi connectivity index (χ3n) is 2.91. The molecule has 0 aliphatic heterocycles. The average molecular weight is 329 g/mol. The Kier molecular flexibility index (Phi) is 6.63. The number of sulfonamides is 1. The topological polar surface area (TPSA) is 79.0 Å². The maximum Gasteiger partial charge on any atom is 0.240 e. The highest BCUT2D eigenvalue weighted by Crippen LogP contribution is 2.22. The number of nitrogens with one attached hydrogen (secondary N) is 1. The molecule has 0 radical (unpaired) electrons. The van der Waals surface area contributed by atoms with Gasteiger partial charge in [0.2, 0.25) is 15.9 Å². The molecule has 1 amide bonds. The van der Waals surface area contributed by atoms with Gasteiger partial charge in [0.1, 0.15) is 12.3 Å². The first-order chi connectivity index (χ1) is 10.2. The van der Waals surface area contributed by atoms with Gasteiger partial charge in [0.25, 0.3) is 0 Å². The quantitative estimate of drug-likeness (QED) is 0.734. The molecule has 0 spiro atoms. The second-order valence-electron chi connectivity index (χ2n) is 5.12. The molecule has 0 aromatic heterocycles. The summed E-state index contributed by atoms with van der Waals surface area (Å²) in [5.74, 6) is 0.175. The number of nitrogens with zero attached hydrogens (tertiary/aromatic N) is 2. The summed E-state index contributed by atoms with van der Waals surface area (Å²) in [6.07, 6.45) is 1.07. The first kappa shape index (κ1) is 18.2. The van der Waals surface area contributed by atoms with E-state index >= 15 is 0 Å². The van der Waals surface area contributed by atoms with E-state index in [1.165, 1.54) is 7.11 Å². The zero-order valence-corrected chi connectivity index (χ0v) is 14.2. The highest BCUT2D eigenvalue weighted by molar-refractivity contribution is 7.92. The molecule has 0 aliphatic carbocycles. The lowest BCUT2D eigenvalue weighted by Gasteiger charge is -2.22. The Hall–Kier alpha value is -1.80. The van der Waals surface area contributed by atoms with E-state index < -0.39 is 10.0 Å².